The molecule has 0 saturated carbocycles. The molecule has 0 saturated heterocycles. The minimum atomic E-state index is -3.57. The molecule has 4 nitrogen and oxygen atoms in total. The number of aliphatic hydroxyl groups is 1. The first-order chi connectivity index (χ1) is 9.92. The van der Waals surface area contributed by atoms with Crippen molar-refractivity contribution in [2.24, 2.45) is 0 Å². The third kappa shape index (κ3) is 4.14. The van der Waals surface area contributed by atoms with Crippen LogP contribution in [-0.4, -0.2) is 19.6 Å². The minimum absolute atomic E-state index is 0.167. The molecule has 0 aliphatic rings. The molecule has 2 rings (SSSR count). The molecule has 0 radical (unpaired) electrons. The van der Waals surface area contributed by atoms with Gasteiger partial charge in [-0.15, -0.1) is 11.3 Å². The highest BCUT2D eigenvalue weighted by atomic mass is 32.2. The number of nitrogens with one attached hydrogen (secondary N) is 1. The average molecular weight is 325 g/mol. The first kappa shape index (κ1) is 16.2. The molecule has 0 fully saturated rings. The van der Waals surface area contributed by atoms with E-state index < -0.39 is 10.0 Å². The van der Waals surface area contributed by atoms with E-state index in [-0.39, 0.29) is 17.5 Å². The summed E-state index contributed by atoms with van der Waals surface area (Å²) in [5.74, 6) is 0. The molecule has 2 aromatic rings. The Bertz CT molecular complexity index is 694. The molecule has 0 spiro atoms. The first-order valence-electron chi connectivity index (χ1n) is 6.67. The molecule has 21 heavy (non-hydrogen) atoms. The monoisotopic (exact) mass is 325 g/mol. The Kier molecular flexibility index (Phi) is 5.16. The summed E-state index contributed by atoms with van der Waals surface area (Å²) in [4.78, 5) is 1.33. The topological polar surface area (TPSA) is 66.4 Å². The van der Waals surface area contributed by atoms with Crippen LogP contribution in [0.1, 0.15) is 22.9 Å². The number of benzene rings is 1. The Balaban J connectivity index is 2.14. The van der Waals surface area contributed by atoms with E-state index in [2.05, 4.69) is 4.72 Å². The predicted octanol–water partition coefficient (Wildman–Crippen LogP) is 2.46. The van der Waals surface area contributed by atoms with E-state index in [1.54, 1.807) is 23.5 Å². The molecule has 1 unspecified atom stereocenters. The van der Waals surface area contributed by atoms with Crippen LogP contribution in [0.2, 0.25) is 0 Å². The number of sulfonamides is 1. The van der Waals surface area contributed by atoms with Crippen molar-refractivity contribution in [1.82, 2.24) is 4.72 Å². The lowest BCUT2D eigenvalue weighted by Gasteiger charge is -2.14. The van der Waals surface area contributed by atoms with Crippen LogP contribution in [-0.2, 0) is 23.1 Å². The molecule has 114 valence electrons. The predicted molar refractivity (Wildman–Crippen MR) is 84.9 cm³/mol. The molecule has 1 atom stereocenters. The van der Waals surface area contributed by atoms with Gasteiger partial charge in [0.2, 0.25) is 10.0 Å². The van der Waals surface area contributed by atoms with Crippen molar-refractivity contribution >= 4 is 21.4 Å². The van der Waals surface area contributed by atoms with Gasteiger partial charge in [0.15, 0.2) is 0 Å². The van der Waals surface area contributed by atoms with Gasteiger partial charge in [-0.25, -0.2) is 13.1 Å². The number of hydrogen-bond donors (Lipinski definition) is 2. The third-order valence-corrected chi connectivity index (χ3v) is 5.73. The van der Waals surface area contributed by atoms with E-state index in [0.717, 1.165) is 10.4 Å². The molecule has 0 amide bonds. The maximum absolute atomic E-state index is 12.4. The molecule has 2 N–H and O–H groups in total. The van der Waals surface area contributed by atoms with Crippen LogP contribution in [0.5, 0.6) is 0 Å². The van der Waals surface area contributed by atoms with Gasteiger partial charge < -0.3 is 5.11 Å². The van der Waals surface area contributed by atoms with Gasteiger partial charge >= 0.3 is 0 Å². The molecule has 1 aromatic carbocycles. The van der Waals surface area contributed by atoms with Crippen molar-refractivity contribution in [1.29, 1.82) is 0 Å². The fraction of sp³-hybridized carbons (Fsp3) is 0.333. The van der Waals surface area contributed by atoms with Gasteiger partial charge in [-0.2, -0.15) is 0 Å². The van der Waals surface area contributed by atoms with Crippen molar-refractivity contribution in [2.45, 2.75) is 37.8 Å². The molecular formula is C15H19NO3S2. The maximum Gasteiger partial charge on any atom is 0.240 e. The zero-order valence-corrected chi connectivity index (χ0v) is 13.7. The summed E-state index contributed by atoms with van der Waals surface area (Å²) in [6.07, 6.45) is 0.662. The smallest absolute Gasteiger partial charge is 0.240 e. The summed E-state index contributed by atoms with van der Waals surface area (Å²) in [6.45, 7) is 3.52. The second kappa shape index (κ2) is 6.70. The fourth-order valence-corrected chi connectivity index (χ4v) is 4.22. The van der Waals surface area contributed by atoms with Crippen molar-refractivity contribution in [3.63, 3.8) is 0 Å². The van der Waals surface area contributed by atoms with Crippen molar-refractivity contribution in [3.05, 3.63) is 51.7 Å². The highest BCUT2D eigenvalue weighted by Gasteiger charge is 2.18. The minimum Gasteiger partial charge on any atom is -0.392 e. The summed E-state index contributed by atoms with van der Waals surface area (Å²) in [5, 5.41) is 11.2. The number of hydrogen-bond acceptors (Lipinski definition) is 4. The van der Waals surface area contributed by atoms with Crippen LogP contribution in [0.4, 0.5) is 0 Å². The van der Waals surface area contributed by atoms with Crippen LogP contribution in [0, 0.1) is 6.92 Å². The van der Waals surface area contributed by atoms with Gasteiger partial charge in [0.1, 0.15) is 0 Å². The maximum atomic E-state index is 12.4. The molecule has 1 aromatic heterocycles. The van der Waals surface area contributed by atoms with E-state index in [1.165, 1.54) is 6.07 Å². The summed E-state index contributed by atoms with van der Waals surface area (Å²) in [6, 6.07) is 8.56. The van der Waals surface area contributed by atoms with Crippen molar-refractivity contribution in [2.75, 3.05) is 0 Å². The van der Waals surface area contributed by atoms with Gasteiger partial charge in [0.05, 0.1) is 11.5 Å². The van der Waals surface area contributed by atoms with E-state index in [0.29, 0.717) is 12.0 Å². The molecular weight excluding hydrogens is 306 g/mol. The van der Waals surface area contributed by atoms with Gasteiger partial charge in [0.25, 0.3) is 0 Å². The Morgan fingerprint density at radius 2 is 2.10 bits per heavy atom. The first-order valence-corrected chi connectivity index (χ1v) is 9.04. The van der Waals surface area contributed by atoms with Crippen molar-refractivity contribution in [3.8, 4) is 0 Å². The molecule has 1 heterocycles. The summed E-state index contributed by atoms with van der Waals surface area (Å²) in [7, 11) is -3.57. The van der Waals surface area contributed by atoms with Gasteiger partial charge in [-0.3, -0.25) is 0 Å². The molecule has 0 aliphatic carbocycles. The lowest BCUT2D eigenvalue weighted by Crippen LogP contribution is -2.34. The Hall–Kier alpha value is -1.21. The van der Waals surface area contributed by atoms with Gasteiger partial charge in [0, 0.05) is 10.9 Å². The zero-order chi connectivity index (χ0) is 15.5. The normalized spacial score (nSPS) is 13.3. The summed E-state index contributed by atoms with van der Waals surface area (Å²) >= 11 is 1.61. The van der Waals surface area contributed by atoms with Gasteiger partial charge in [-0.05, 0) is 55.0 Å². The molecule has 6 heteroatoms. The van der Waals surface area contributed by atoms with Gasteiger partial charge in [-0.1, -0.05) is 12.1 Å². The molecule has 0 bridgehead atoms. The Morgan fingerprint density at radius 1 is 1.33 bits per heavy atom. The lowest BCUT2D eigenvalue weighted by atomic mass is 10.1. The third-order valence-electron chi connectivity index (χ3n) is 3.25. The Morgan fingerprint density at radius 3 is 2.71 bits per heavy atom. The highest BCUT2D eigenvalue weighted by Crippen LogP contribution is 2.17. The van der Waals surface area contributed by atoms with E-state index in [1.807, 2.05) is 31.4 Å². The zero-order valence-electron chi connectivity index (χ0n) is 12.0. The Labute approximate surface area is 129 Å². The number of aryl methyl sites for hydroxylation is 1. The van der Waals surface area contributed by atoms with Crippen LogP contribution in [0.3, 0.4) is 0 Å². The average Bonchev–Trinajstić information content (AvgIpc) is 2.91. The van der Waals surface area contributed by atoms with Crippen molar-refractivity contribution < 1.29 is 13.5 Å². The largest absolute Gasteiger partial charge is 0.392 e. The quantitative estimate of drug-likeness (QED) is 0.857. The van der Waals surface area contributed by atoms with E-state index >= 15 is 0 Å². The molecule has 0 aliphatic heterocycles. The second-order valence-corrected chi connectivity index (χ2v) is 7.80. The van der Waals surface area contributed by atoms with E-state index in [9.17, 15) is 13.5 Å². The highest BCUT2D eigenvalue weighted by molar-refractivity contribution is 7.89. The number of thiophene rings is 1. The lowest BCUT2D eigenvalue weighted by molar-refractivity contribution is 0.280. The summed E-state index contributed by atoms with van der Waals surface area (Å²) in [5.41, 5.74) is 1.51. The van der Waals surface area contributed by atoms with Crippen LogP contribution >= 0.6 is 11.3 Å². The standard InChI is InChI=1S/C15H19NO3S2/c1-11-5-6-15(9-13(11)10-17)21(18,19)16-12(2)8-14-4-3-7-20-14/h3-7,9,12,16-17H,8,10H2,1-2H3. The van der Waals surface area contributed by atoms with E-state index in [4.69, 9.17) is 0 Å². The van der Waals surface area contributed by atoms with Crippen LogP contribution in [0.15, 0.2) is 40.6 Å². The van der Waals surface area contributed by atoms with Crippen LogP contribution in [0.25, 0.3) is 0 Å². The fourth-order valence-electron chi connectivity index (χ4n) is 2.09. The second-order valence-electron chi connectivity index (χ2n) is 5.05. The SMILES string of the molecule is Cc1ccc(S(=O)(=O)NC(C)Cc2cccs2)cc1CO. The number of aliphatic hydroxyl groups excluding tert-OH is 1. The summed E-state index contributed by atoms with van der Waals surface area (Å²) < 4.78 is 27.4. The van der Waals surface area contributed by atoms with Crippen LogP contribution < -0.4 is 4.72 Å². The number of rotatable bonds is 6.